The molecule has 0 bridgehead atoms. The van der Waals surface area contributed by atoms with Crippen LogP contribution < -0.4 is 4.90 Å². The number of hydrogen-bond acceptors (Lipinski definition) is 3. The first-order valence-corrected chi connectivity index (χ1v) is 8.04. The summed E-state index contributed by atoms with van der Waals surface area (Å²) in [5.41, 5.74) is 4.58. The second-order valence-corrected chi connectivity index (χ2v) is 7.18. The molecule has 0 atom stereocenters. The van der Waals surface area contributed by atoms with E-state index in [0.29, 0.717) is 0 Å². The van der Waals surface area contributed by atoms with E-state index in [1.54, 1.807) is 0 Å². The molecule has 3 heteroatoms. The smallest absolute Gasteiger partial charge is 0.132 e. The minimum atomic E-state index is 0.0531. The molecule has 0 aliphatic heterocycles. The van der Waals surface area contributed by atoms with Crippen molar-refractivity contribution in [3.8, 4) is 12.1 Å². The number of hydrogen-bond donors (Lipinski definition) is 0. The molecule has 0 fully saturated rings. The Hall–Kier alpha value is -2.78. The first kappa shape index (κ1) is 17.6. The third-order valence-electron chi connectivity index (χ3n) is 4.16. The van der Waals surface area contributed by atoms with Gasteiger partial charge in [-0.15, -0.1) is 0 Å². The fourth-order valence-corrected chi connectivity index (χ4v) is 2.98. The van der Waals surface area contributed by atoms with Gasteiger partial charge in [-0.05, 0) is 47.1 Å². The van der Waals surface area contributed by atoms with Gasteiger partial charge in [-0.3, -0.25) is 0 Å². The maximum absolute atomic E-state index is 9.13. The highest BCUT2D eigenvalue weighted by molar-refractivity contribution is 5.59. The van der Waals surface area contributed by atoms with Crippen LogP contribution in [0, 0.1) is 28.1 Å². The van der Waals surface area contributed by atoms with Gasteiger partial charge in [-0.25, -0.2) is 0 Å². The summed E-state index contributed by atoms with van der Waals surface area (Å²) in [5, 5.41) is 18.3. The lowest BCUT2D eigenvalue weighted by Crippen LogP contribution is -2.17. The maximum Gasteiger partial charge on any atom is 0.132 e. The normalized spacial score (nSPS) is 16.2. The quantitative estimate of drug-likeness (QED) is 0.748. The van der Waals surface area contributed by atoms with Crippen molar-refractivity contribution in [2.45, 2.75) is 26.7 Å². The highest BCUT2D eigenvalue weighted by atomic mass is 15.1. The zero-order valence-electron chi connectivity index (χ0n) is 14.8. The lowest BCUT2D eigenvalue weighted by atomic mass is 9.74. The van der Waals surface area contributed by atoms with Crippen LogP contribution in [0.4, 0.5) is 5.69 Å². The molecule has 0 saturated carbocycles. The second kappa shape index (κ2) is 7.20. The second-order valence-electron chi connectivity index (χ2n) is 7.18. The number of nitriles is 2. The number of nitrogens with zero attached hydrogens (tertiary/aromatic N) is 3. The van der Waals surface area contributed by atoms with Crippen LogP contribution in [0.3, 0.4) is 0 Å². The highest BCUT2D eigenvalue weighted by Gasteiger charge is 2.26. The first-order chi connectivity index (χ1) is 11.3. The molecule has 122 valence electrons. The van der Waals surface area contributed by atoms with Crippen LogP contribution in [0.2, 0.25) is 0 Å². The third kappa shape index (κ3) is 4.37. The van der Waals surface area contributed by atoms with Gasteiger partial charge >= 0.3 is 0 Å². The van der Waals surface area contributed by atoms with E-state index in [1.165, 1.54) is 5.69 Å². The van der Waals surface area contributed by atoms with E-state index < -0.39 is 0 Å². The van der Waals surface area contributed by atoms with E-state index >= 15 is 0 Å². The molecule has 0 spiro atoms. The van der Waals surface area contributed by atoms with Crippen LogP contribution in [-0.2, 0) is 0 Å². The van der Waals surface area contributed by atoms with E-state index in [4.69, 9.17) is 10.5 Å². The topological polar surface area (TPSA) is 50.8 Å². The van der Waals surface area contributed by atoms with Crippen LogP contribution in [0.5, 0.6) is 0 Å². The Bertz CT molecular complexity index is 760. The summed E-state index contributed by atoms with van der Waals surface area (Å²) in [4.78, 5) is 2.07. The minimum Gasteiger partial charge on any atom is -0.378 e. The molecule has 0 unspecified atom stereocenters. The van der Waals surface area contributed by atoms with Gasteiger partial charge in [-0.1, -0.05) is 44.2 Å². The van der Waals surface area contributed by atoms with Crippen molar-refractivity contribution in [3.63, 3.8) is 0 Å². The standard InChI is InChI=1S/C21H23N3/c1-21(2)12-17(11-18(13-21)19(14-22)15-23)6-5-16-7-9-20(10-8-16)24(3)4/h5-11H,12-13H2,1-4H3/b6-5+. The largest absolute Gasteiger partial charge is 0.378 e. The fraction of sp³-hybridized carbons (Fsp3) is 0.333. The van der Waals surface area contributed by atoms with Crippen LogP contribution in [0.25, 0.3) is 6.08 Å². The summed E-state index contributed by atoms with van der Waals surface area (Å²) in [7, 11) is 4.05. The number of anilines is 1. The van der Waals surface area contributed by atoms with Crippen LogP contribution >= 0.6 is 0 Å². The number of allylic oxidation sites excluding steroid dienone is 5. The molecule has 0 N–H and O–H groups in total. The van der Waals surface area contributed by atoms with E-state index in [0.717, 1.165) is 29.6 Å². The molecule has 1 aliphatic carbocycles. The SMILES string of the molecule is CN(C)c1ccc(/C=C/C2=CC(=C(C#N)C#N)CC(C)(C)C2)cc1. The van der Waals surface area contributed by atoms with E-state index in [-0.39, 0.29) is 11.0 Å². The molecular formula is C21H23N3. The summed E-state index contributed by atoms with van der Waals surface area (Å²) in [6, 6.07) is 12.4. The van der Waals surface area contributed by atoms with Crippen molar-refractivity contribution in [1.29, 1.82) is 10.5 Å². The summed E-state index contributed by atoms with van der Waals surface area (Å²) in [5.74, 6) is 0. The summed E-state index contributed by atoms with van der Waals surface area (Å²) < 4.78 is 0. The Morgan fingerprint density at radius 3 is 2.21 bits per heavy atom. The molecule has 0 radical (unpaired) electrons. The van der Waals surface area contributed by atoms with Gasteiger partial charge in [0.05, 0.1) is 0 Å². The summed E-state index contributed by atoms with van der Waals surface area (Å²) in [6.07, 6.45) is 7.88. The first-order valence-electron chi connectivity index (χ1n) is 8.04. The fourth-order valence-electron chi connectivity index (χ4n) is 2.98. The average molecular weight is 317 g/mol. The number of benzene rings is 1. The lowest BCUT2D eigenvalue weighted by Gasteiger charge is -2.30. The Morgan fingerprint density at radius 1 is 1.04 bits per heavy atom. The van der Waals surface area contributed by atoms with Crippen molar-refractivity contribution in [1.82, 2.24) is 0 Å². The van der Waals surface area contributed by atoms with Gasteiger partial charge < -0.3 is 4.90 Å². The van der Waals surface area contributed by atoms with Crippen molar-refractivity contribution < 1.29 is 0 Å². The third-order valence-corrected chi connectivity index (χ3v) is 4.16. The highest BCUT2D eigenvalue weighted by Crippen LogP contribution is 2.39. The van der Waals surface area contributed by atoms with Gasteiger partial charge in [0, 0.05) is 19.8 Å². The molecule has 0 saturated heterocycles. The van der Waals surface area contributed by atoms with E-state index in [2.05, 4.69) is 55.2 Å². The molecule has 1 aromatic rings. The van der Waals surface area contributed by atoms with Gasteiger partial charge in [0.2, 0.25) is 0 Å². The number of rotatable bonds is 3. The van der Waals surface area contributed by atoms with Crippen LogP contribution in [-0.4, -0.2) is 14.1 Å². The van der Waals surface area contributed by atoms with Gasteiger partial charge in [-0.2, -0.15) is 10.5 Å². The Kier molecular flexibility index (Phi) is 5.27. The summed E-state index contributed by atoms with van der Waals surface area (Å²) >= 11 is 0. The van der Waals surface area contributed by atoms with Crippen molar-refractivity contribution in [3.05, 3.63) is 58.7 Å². The molecule has 2 rings (SSSR count). The van der Waals surface area contributed by atoms with Gasteiger partial charge in [0.25, 0.3) is 0 Å². The van der Waals surface area contributed by atoms with Crippen LogP contribution in [0.1, 0.15) is 32.3 Å². The predicted molar refractivity (Wildman–Crippen MR) is 99.2 cm³/mol. The predicted octanol–water partition coefficient (Wildman–Crippen LogP) is 4.86. The maximum atomic E-state index is 9.13. The minimum absolute atomic E-state index is 0.0531. The Balaban J connectivity index is 2.28. The molecule has 1 aromatic carbocycles. The molecular weight excluding hydrogens is 294 g/mol. The lowest BCUT2D eigenvalue weighted by molar-refractivity contribution is 0.354. The monoisotopic (exact) mass is 317 g/mol. The van der Waals surface area contributed by atoms with Gasteiger partial charge in [0.15, 0.2) is 0 Å². The molecule has 0 heterocycles. The summed E-state index contributed by atoms with van der Waals surface area (Å²) in [6.45, 7) is 4.35. The van der Waals surface area contributed by atoms with Crippen molar-refractivity contribution in [2.24, 2.45) is 5.41 Å². The molecule has 24 heavy (non-hydrogen) atoms. The van der Waals surface area contributed by atoms with Crippen molar-refractivity contribution >= 4 is 11.8 Å². The van der Waals surface area contributed by atoms with Crippen LogP contribution in [0.15, 0.2) is 53.1 Å². The molecule has 0 amide bonds. The zero-order chi connectivity index (χ0) is 17.7. The van der Waals surface area contributed by atoms with E-state index in [1.807, 2.05) is 32.3 Å². The average Bonchev–Trinajstić information content (AvgIpc) is 2.53. The Labute approximate surface area is 144 Å². The molecule has 3 nitrogen and oxygen atoms in total. The molecule has 0 aromatic heterocycles. The Morgan fingerprint density at radius 2 is 1.67 bits per heavy atom. The zero-order valence-corrected chi connectivity index (χ0v) is 14.8. The van der Waals surface area contributed by atoms with E-state index in [9.17, 15) is 0 Å². The van der Waals surface area contributed by atoms with Crippen molar-refractivity contribution in [2.75, 3.05) is 19.0 Å². The molecule has 1 aliphatic rings. The van der Waals surface area contributed by atoms with Gasteiger partial charge in [0.1, 0.15) is 17.7 Å².